The zero-order chi connectivity index (χ0) is 15.4. The van der Waals surface area contributed by atoms with Crippen LogP contribution in [-0.4, -0.2) is 47.3 Å². The monoisotopic (exact) mass is 302 g/mol. The van der Waals surface area contributed by atoms with Crippen molar-refractivity contribution in [3.8, 4) is 5.75 Å². The van der Waals surface area contributed by atoms with Crippen molar-refractivity contribution in [1.82, 2.24) is 9.88 Å². The summed E-state index contributed by atoms with van der Waals surface area (Å²) in [6.45, 7) is 2.60. The third-order valence-corrected chi connectivity index (χ3v) is 4.35. The SMILES string of the molecule is O=c1[nH]ccc2ccc(OCCN3CCCC[C@H]3CO)cc12. The van der Waals surface area contributed by atoms with Crippen molar-refractivity contribution in [1.29, 1.82) is 0 Å². The summed E-state index contributed by atoms with van der Waals surface area (Å²) in [7, 11) is 0. The molecule has 2 aromatic rings. The van der Waals surface area contributed by atoms with Gasteiger partial charge in [-0.1, -0.05) is 12.5 Å². The lowest BCUT2D eigenvalue weighted by Crippen LogP contribution is -2.43. The van der Waals surface area contributed by atoms with Crippen molar-refractivity contribution in [2.45, 2.75) is 25.3 Å². The molecule has 0 unspecified atom stereocenters. The van der Waals surface area contributed by atoms with Gasteiger partial charge in [-0.05, 0) is 43.0 Å². The highest BCUT2D eigenvalue weighted by molar-refractivity contribution is 5.82. The average Bonchev–Trinajstić information content (AvgIpc) is 2.56. The van der Waals surface area contributed by atoms with Crippen molar-refractivity contribution in [2.75, 3.05) is 26.3 Å². The van der Waals surface area contributed by atoms with E-state index in [-0.39, 0.29) is 18.2 Å². The molecule has 22 heavy (non-hydrogen) atoms. The van der Waals surface area contributed by atoms with Crippen LogP contribution in [0.25, 0.3) is 10.8 Å². The van der Waals surface area contributed by atoms with Gasteiger partial charge in [0.2, 0.25) is 0 Å². The number of H-pyrrole nitrogens is 1. The first-order valence-electron chi connectivity index (χ1n) is 7.87. The van der Waals surface area contributed by atoms with E-state index < -0.39 is 0 Å². The molecule has 1 fully saturated rings. The van der Waals surface area contributed by atoms with Crippen LogP contribution in [0.5, 0.6) is 5.75 Å². The highest BCUT2D eigenvalue weighted by Crippen LogP contribution is 2.19. The summed E-state index contributed by atoms with van der Waals surface area (Å²) in [4.78, 5) is 16.8. The maximum Gasteiger partial charge on any atom is 0.255 e. The van der Waals surface area contributed by atoms with Gasteiger partial charge in [0.05, 0.1) is 12.0 Å². The number of aromatic nitrogens is 1. The second kappa shape index (κ2) is 6.94. The Hall–Kier alpha value is -1.85. The van der Waals surface area contributed by atoms with Gasteiger partial charge < -0.3 is 14.8 Å². The lowest BCUT2D eigenvalue weighted by atomic mass is 10.0. The molecule has 1 saturated heterocycles. The van der Waals surface area contributed by atoms with Gasteiger partial charge in [0.1, 0.15) is 12.4 Å². The summed E-state index contributed by atoms with van der Waals surface area (Å²) in [6, 6.07) is 7.71. The zero-order valence-corrected chi connectivity index (χ0v) is 12.6. The Labute approximate surface area is 129 Å². The summed E-state index contributed by atoms with van der Waals surface area (Å²) in [5.74, 6) is 0.710. The molecular formula is C17H22N2O3. The number of nitrogens with one attached hydrogen (secondary N) is 1. The van der Waals surface area contributed by atoms with E-state index in [1.54, 1.807) is 12.3 Å². The quantitative estimate of drug-likeness (QED) is 0.883. The molecule has 2 N–H and O–H groups in total. The molecule has 5 nitrogen and oxygen atoms in total. The Morgan fingerprint density at radius 1 is 1.32 bits per heavy atom. The molecule has 0 bridgehead atoms. The fourth-order valence-corrected chi connectivity index (χ4v) is 3.09. The number of aliphatic hydroxyl groups excluding tert-OH is 1. The maximum absolute atomic E-state index is 11.8. The number of ether oxygens (including phenoxy) is 1. The largest absolute Gasteiger partial charge is 0.492 e. The van der Waals surface area contributed by atoms with Gasteiger partial charge in [-0.3, -0.25) is 9.69 Å². The van der Waals surface area contributed by atoms with E-state index in [1.807, 2.05) is 18.2 Å². The fraction of sp³-hybridized carbons (Fsp3) is 0.471. The van der Waals surface area contributed by atoms with Crippen molar-refractivity contribution in [2.24, 2.45) is 0 Å². The van der Waals surface area contributed by atoms with Gasteiger partial charge in [0.15, 0.2) is 0 Å². The third kappa shape index (κ3) is 3.31. The van der Waals surface area contributed by atoms with Crippen LogP contribution in [0.2, 0.25) is 0 Å². The third-order valence-electron chi connectivity index (χ3n) is 4.35. The lowest BCUT2D eigenvalue weighted by Gasteiger charge is -2.34. The normalized spacial score (nSPS) is 19.4. The highest BCUT2D eigenvalue weighted by atomic mass is 16.5. The number of aromatic amines is 1. The number of nitrogens with zero attached hydrogens (tertiary/aromatic N) is 1. The first-order valence-corrected chi connectivity index (χ1v) is 7.87. The molecule has 3 rings (SSSR count). The fourth-order valence-electron chi connectivity index (χ4n) is 3.09. The number of fused-ring (bicyclic) bond motifs is 1. The molecule has 0 spiro atoms. The zero-order valence-electron chi connectivity index (χ0n) is 12.6. The van der Waals surface area contributed by atoms with Crippen LogP contribution in [-0.2, 0) is 0 Å². The van der Waals surface area contributed by atoms with E-state index in [0.717, 1.165) is 24.9 Å². The summed E-state index contributed by atoms with van der Waals surface area (Å²) in [5, 5.41) is 11.0. The second-order valence-corrected chi connectivity index (χ2v) is 5.77. The van der Waals surface area contributed by atoms with Crippen LogP contribution in [0.4, 0.5) is 0 Å². The Morgan fingerprint density at radius 2 is 2.23 bits per heavy atom. The maximum atomic E-state index is 11.8. The number of likely N-dealkylation sites (tertiary alicyclic amines) is 1. The number of hydrogen-bond acceptors (Lipinski definition) is 4. The molecule has 0 amide bonds. The standard InChI is InChI=1S/C17H22N2O3/c20-12-14-3-1-2-8-19(14)9-10-22-15-5-4-13-6-7-18-17(21)16(13)11-15/h4-7,11,14,20H,1-3,8-10,12H2,(H,18,21)/t14-/m0/s1. The van der Waals surface area contributed by atoms with E-state index in [2.05, 4.69) is 9.88 Å². The number of hydrogen-bond donors (Lipinski definition) is 2. The van der Waals surface area contributed by atoms with Gasteiger partial charge in [0.25, 0.3) is 5.56 Å². The van der Waals surface area contributed by atoms with Crippen LogP contribution in [0.3, 0.4) is 0 Å². The summed E-state index contributed by atoms with van der Waals surface area (Å²) in [6.07, 6.45) is 5.08. The number of piperidine rings is 1. The predicted molar refractivity (Wildman–Crippen MR) is 86.4 cm³/mol. The Morgan fingerprint density at radius 3 is 3.09 bits per heavy atom. The minimum Gasteiger partial charge on any atom is -0.492 e. The molecule has 1 atom stereocenters. The summed E-state index contributed by atoms with van der Waals surface area (Å²) < 4.78 is 5.79. The van der Waals surface area contributed by atoms with E-state index in [9.17, 15) is 9.90 Å². The summed E-state index contributed by atoms with van der Waals surface area (Å²) >= 11 is 0. The summed E-state index contributed by atoms with van der Waals surface area (Å²) in [5.41, 5.74) is -0.0978. The number of aliphatic hydroxyl groups is 1. The average molecular weight is 302 g/mol. The lowest BCUT2D eigenvalue weighted by molar-refractivity contribution is 0.0773. The molecule has 0 saturated carbocycles. The predicted octanol–water partition coefficient (Wildman–Crippen LogP) is 1.75. The van der Waals surface area contributed by atoms with Crippen LogP contribution >= 0.6 is 0 Å². The van der Waals surface area contributed by atoms with E-state index in [4.69, 9.17) is 4.74 Å². The van der Waals surface area contributed by atoms with Gasteiger partial charge in [-0.25, -0.2) is 0 Å². The molecule has 1 aromatic heterocycles. The van der Waals surface area contributed by atoms with E-state index >= 15 is 0 Å². The molecule has 2 heterocycles. The minimum atomic E-state index is -0.0978. The van der Waals surface area contributed by atoms with E-state index in [1.165, 1.54) is 12.8 Å². The van der Waals surface area contributed by atoms with Crippen LogP contribution in [0.15, 0.2) is 35.3 Å². The van der Waals surface area contributed by atoms with Crippen LogP contribution < -0.4 is 10.3 Å². The Bertz CT molecular complexity index is 683. The molecule has 0 radical (unpaired) electrons. The van der Waals surface area contributed by atoms with E-state index in [0.29, 0.717) is 17.7 Å². The smallest absolute Gasteiger partial charge is 0.255 e. The molecule has 118 valence electrons. The number of rotatable bonds is 5. The molecule has 5 heteroatoms. The first kappa shape index (κ1) is 15.1. The van der Waals surface area contributed by atoms with Gasteiger partial charge >= 0.3 is 0 Å². The molecule has 1 aliphatic rings. The number of benzene rings is 1. The number of pyridine rings is 1. The van der Waals surface area contributed by atoms with Crippen molar-refractivity contribution in [3.05, 3.63) is 40.8 Å². The topological polar surface area (TPSA) is 65.6 Å². The molecule has 1 aromatic carbocycles. The second-order valence-electron chi connectivity index (χ2n) is 5.77. The molecule has 0 aliphatic carbocycles. The highest BCUT2D eigenvalue weighted by Gasteiger charge is 2.21. The van der Waals surface area contributed by atoms with Crippen molar-refractivity contribution < 1.29 is 9.84 Å². The van der Waals surface area contributed by atoms with Crippen molar-refractivity contribution in [3.63, 3.8) is 0 Å². The molecule has 1 aliphatic heterocycles. The van der Waals surface area contributed by atoms with Crippen LogP contribution in [0, 0.1) is 0 Å². The van der Waals surface area contributed by atoms with Crippen LogP contribution in [0.1, 0.15) is 19.3 Å². The Balaban J connectivity index is 1.62. The van der Waals surface area contributed by atoms with Crippen molar-refractivity contribution >= 4 is 10.8 Å². The van der Waals surface area contributed by atoms with Gasteiger partial charge in [-0.2, -0.15) is 0 Å². The first-order chi connectivity index (χ1) is 10.8. The van der Waals surface area contributed by atoms with Gasteiger partial charge in [0, 0.05) is 18.8 Å². The molecular weight excluding hydrogens is 280 g/mol. The van der Waals surface area contributed by atoms with Gasteiger partial charge in [-0.15, -0.1) is 0 Å². The Kier molecular flexibility index (Phi) is 4.75. The minimum absolute atomic E-state index is 0.0978.